The zero-order valence-electron chi connectivity index (χ0n) is 38.2. The molecule has 1 unspecified atom stereocenters. The summed E-state index contributed by atoms with van der Waals surface area (Å²) in [4.78, 5) is 76.7. The maximum Gasteiger partial charge on any atom is 0.301 e. The number of halogens is 2. The largest absolute Gasteiger partial charge is 0.453 e. The summed E-state index contributed by atoms with van der Waals surface area (Å²) in [5.41, 5.74) is 1.55. The molecule has 0 bridgehead atoms. The highest BCUT2D eigenvalue weighted by molar-refractivity contribution is 7.90. The summed E-state index contributed by atoms with van der Waals surface area (Å²) < 4.78 is 65.1. The number of imide groups is 1. The lowest BCUT2D eigenvalue weighted by Gasteiger charge is -2.41. The van der Waals surface area contributed by atoms with Gasteiger partial charge < -0.3 is 29.4 Å². The number of benzene rings is 4. The molecule has 71 heavy (non-hydrogen) atoms. The Labute approximate surface area is 406 Å². The van der Waals surface area contributed by atoms with Crippen molar-refractivity contribution in [1.29, 1.82) is 5.26 Å². The number of anilines is 3. The number of amides is 4. The van der Waals surface area contributed by atoms with E-state index in [2.05, 4.69) is 24.8 Å². The van der Waals surface area contributed by atoms with Crippen LogP contribution in [-0.4, -0.2) is 131 Å². The van der Waals surface area contributed by atoms with Gasteiger partial charge in [0.15, 0.2) is 11.6 Å². The second-order valence-electron chi connectivity index (χ2n) is 18.5. The molecule has 0 saturated carbocycles. The van der Waals surface area contributed by atoms with Crippen LogP contribution in [0.5, 0.6) is 11.5 Å². The van der Waals surface area contributed by atoms with E-state index >= 15 is 4.39 Å². The van der Waals surface area contributed by atoms with Crippen molar-refractivity contribution in [1.82, 2.24) is 29.0 Å². The second kappa shape index (κ2) is 18.7. The quantitative estimate of drug-likeness (QED) is 0.161. The third kappa shape index (κ3) is 9.35. The van der Waals surface area contributed by atoms with Gasteiger partial charge >= 0.3 is 10.2 Å². The highest BCUT2D eigenvalue weighted by atomic mass is 32.2. The minimum atomic E-state index is -4.26. The van der Waals surface area contributed by atoms with E-state index in [9.17, 15) is 47.1 Å². The van der Waals surface area contributed by atoms with Crippen LogP contribution in [0.1, 0.15) is 60.0 Å². The van der Waals surface area contributed by atoms with Crippen LogP contribution >= 0.6 is 0 Å². The highest BCUT2D eigenvalue weighted by Gasteiger charge is 2.41. The Morgan fingerprint density at radius 3 is 2.32 bits per heavy atom. The molecule has 4 fully saturated rings. The van der Waals surface area contributed by atoms with Gasteiger partial charge in [-0.05, 0) is 104 Å². The van der Waals surface area contributed by atoms with Crippen molar-refractivity contribution in [3.05, 3.63) is 112 Å². The zero-order chi connectivity index (χ0) is 49.8. The maximum atomic E-state index is 15.2. The van der Waals surface area contributed by atoms with Gasteiger partial charge in [-0.25, -0.2) is 13.8 Å². The number of carbonyl (C=O) groups excluding carboxylic acids is 4. The van der Waals surface area contributed by atoms with Gasteiger partial charge in [0, 0.05) is 82.3 Å². The number of aromatic nitrogens is 2. The molecule has 10 rings (SSSR count). The van der Waals surface area contributed by atoms with E-state index < -0.39 is 56.6 Å². The first-order chi connectivity index (χ1) is 34.1. The molecule has 19 nitrogen and oxygen atoms in total. The fourth-order valence-corrected chi connectivity index (χ4v) is 11.3. The van der Waals surface area contributed by atoms with Crippen LogP contribution in [0, 0.1) is 17.1 Å². The third-order valence-corrected chi connectivity index (χ3v) is 15.5. The standard InChI is InChI=1S/C49H48F2N10O9S/c50-31-13-16-59(28-31)71(68,69)55-41-10-8-39(51)45(38(41)26-52)70-35-6-9-40-37(24-35)48(66)61(29-53-40)33-3-1-32(2-4-33)57-19-21-58(22-20-57)44(63)25-49(67)14-17-56(18-15-49)34-5-7-36-30(23-34)27-60(47(36)65)42-11-12-43(62)54-46(42)64/h1-10,23-24,29,31,42,55,67H,11-22,25,27-28H2,(H,54,62,64)/t31?,42-/m0/s1. The van der Waals surface area contributed by atoms with Gasteiger partial charge in [0.1, 0.15) is 35.9 Å². The van der Waals surface area contributed by atoms with Crippen molar-refractivity contribution < 1.29 is 46.2 Å². The molecule has 0 aliphatic carbocycles. The number of fused-ring (bicyclic) bond motifs is 2. The number of piperidine rings is 2. The number of nitriles is 1. The molecular weight excluding hydrogens is 943 g/mol. The van der Waals surface area contributed by atoms with E-state index in [4.69, 9.17) is 4.74 Å². The predicted molar refractivity (Wildman–Crippen MR) is 254 cm³/mol. The molecule has 4 aromatic carbocycles. The van der Waals surface area contributed by atoms with Crippen LogP contribution in [0.2, 0.25) is 0 Å². The van der Waals surface area contributed by atoms with E-state index in [1.807, 2.05) is 24.3 Å². The SMILES string of the molecule is N#Cc1c(NS(=O)(=O)N2CCC(F)C2)ccc(F)c1Oc1ccc2ncn(-c3ccc(N4CCN(C(=O)CC5(O)CCN(c6ccc7c(c6)CN([C@H]6CCC(=O)NC6=O)C7=O)CC5)CC4)cc3)c(=O)c2c1. The second-order valence-corrected chi connectivity index (χ2v) is 20.1. The number of nitrogens with one attached hydrogen (secondary N) is 2. The first-order valence-corrected chi connectivity index (χ1v) is 24.7. The Morgan fingerprint density at radius 1 is 0.901 bits per heavy atom. The van der Waals surface area contributed by atoms with Crippen LogP contribution in [-0.2, 0) is 31.1 Å². The van der Waals surface area contributed by atoms with Crippen molar-refractivity contribution in [3.8, 4) is 23.3 Å². The monoisotopic (exact) mass is 990 g/mol. The summed E-state index contributed by atoms with van der Waals surface area (Å²) in [6.45, 7) is 2.86. The first kappa shape index (κ1) is 47.2. The Hall–Kier alpha value is -7.48. The molecule has 22 heteroatoms. The minimum Gasteiger partial charge on any atom is -0.453 e. The molecule has 2 atom stereocenters. The zero-order valence-corrected chi connectivity index (χ0v) is 39.0. The molecule has 1 aromatic heterocycles. The van der Waals surface area contributed by atoms with E-state index in [0.29, 0.717) is 68.9 Å². The Kier molecular flexibility index (Phi) is 12.4. The molecule has 4 saturated heterocycles. The Balaban J connectivity index is 0.736. The van der Waals surface area contributed by atoms with Gasteiger partial charge in [-0.15, -0.1) is 0 Å². The minimum absolute atomic E-state index is 0.00500. The molecule has 4 amide bonds. The van der Waals surface area contributed by atoms with Crippen LogP contribution in [0.25, 0.3) is 16.6 Å². The van der Waals surface area contributed by atoms with Crippen molar-refractivity contribution in [2.45, 2.75) is 62.9 Å². The van der Waals surface area contributed by atoms with Crippen molar-refractivity contribution >= 4 is 61.8 Å². The van der Waals surface area contributed by atoms with Gasteiger partial charge in [0.05, 0.1) is 34.3 Å². The molecule has 5 aromatic rings. The normalized spacial score (nSPS) is 20.5. The van der Waals surface area contributed by atoms with Gasteiger partial charge in [-0.2, -0.15) is 18.0 Å². The molecule has 368 valence electrons. The Bertz CT molecular complexity index is 3210. The average molecular weight is 991 g/mol. The van der Waals surface area contributed by atoms with Gasteiger partial charge in [0.2, 0.25) is 17.7 Å². The van der Waals surface area contributed by atoms with Crippen LogP contribution < -0.4 is 30.1 Å². The number of aliphatic hydroxyl groups is 1. The predicted octanol–water partition coefficient (Wildman–Crippen LogP) is 3.72. The van der Waals surface area contributed by atoms with Crippen molar-refractivity contribution in [2.24, 2.45) is 0 Å². The molecule has 6 heterocycles. The number of nitrogens with zero attached hydrogens (tertiary/aromatic N) is 8. The number of alkyl halides is 1. The molecule has 5 aliphatic rings. The number of ether oxygens (including phenoxy) is 1. The number of hydrogen-bond acceptors (Lipinski definition) is 13. The van der Waals surface area contributed by atoms with E-state index in [1.54, 1.807) is 29.2 Å². The first-order valence-electron chi connectivity index (χ1n) is 23.3. The molecule has 5 aliphatic heterocycles. The fourth-order valence-electron chi connectivity index (χ4n) is 9.98. The fraction of sp³-hybridized carbons (Fsp3) is 0.367. The van der Waals surface area contributed by atoms with E-state index in [0.717, 1.165) is 33.4 Å². The Morgan fingerprint density at radius 2 is 1.62 bits per heavy atom. The molecular formula is C49H48F2N10O9S. The number of hydrogen-bond donors (Lipinski definition) is 3. The lowest BCUT2D eigenvalue weighted by molar-refractivity contribution is -0.138. The summed E-state index contributed by atoms with van der Waals surface area (Å²) in [5.74, 6) is -2.72. The maximum absolute atomic E-state index is 15.2. The van der Waals surface area contributed by atoms with Crippen LogP contribution in [0.15, 0.2) is 83.9 Å². The summed E-state index contributed by atoms with van der Waals surface area (Å²) >= 11 is 0. The lowest BCUT2D eigenvalue weighted by Crippen LogP contribution is -2.52. The average Bonchev–Trinajstić information content (AvgIpc) is 3.95. The summed E-state index contributed by atoms with van der Waals surface area (Å²) in [6, 6.07) is 20.2. The van der Waals surface area contributed by atoms with E-state index in [-0.39, 0.29) is 79.9 Å². The number of carbonyl (C=O) groups is 4. The van der Waals surface area contributed by atoms with Crippen molar-refractivity contribution in [2.75, 3.05) is 66.9 Å². The molecule has 0 spiro atoms. The van der Waals surface area contributed by atoms with Gasteiger partial charge in [-0.3, -0.25) is 38.6 Å². The number of piperazine rings is 1. The van der Waals surface area contributed by atoms with Crippen molar-refractivity contribution in [3.63, 3.8) is 0 Å². The van der Waals surface area contributed by atoms with E-state index in [1.165, 1.54) is 34.0 Å². The lowest BCUT2D eigenvalue weighted by atomic mass is 9.87. The summed E-state index contributed by atoms with van der Waals surface area (Å²) in [5, 5.41) is 24.0. The topological polar surface area (TPSA) is 231 Å². The molecule has 3 N–H and O–H groups in total. The van der Waals surface area contributed by atoms with Crippen LogP contribution in [0.3, 0.4) is 0 Å². The highest BCUT2D eigenvalue weighted by Crippen LogP contribution is 2.37. The van der Waals surface area contributed by atoms with Crippen LogP contribution in [0.4, 0.5) is 25.8 Å². The third-order valence-electron chi connectivity index (χ3n) is 14.0. The smallest absolute Gasteiger partial charge is 0.301 e. The van der Waals surface area contributed by atoms with Gasteiger partial charge in [0.25, 0.3) is 11.5 Å². The summed E-state index contributed by atoms with van der Waals surface area (Å²) in [6.07, 6.45) is 1.30. The van der Waals surface area contributed by atoms with Gasteiger partial charge in [-0.1, -0.05) is 0 Å². The molecule has 0 radical (unpaired) electrons. The summed E-state index contributed by atoms with van der Waals surface area (Å²) in [7, 11) is -4.26. The number of rotatable bonds is 11.